The van der Waals surface area contributed by atoms with Crippen LogP contribution in [-0.4, -0.2) is 45.9 Å². The van der Waals surface area contributed by atoms with E-state index in [2.05, 4.69) is 15.2 Å². The molecule has 0 fully saturated rings. The van der Waals surface area contributed by atoms with Gasteiger partial charge in [0.1, 0.15) is 11.7 Å². The molecule has 1 amide bonds. The Morgan fingerprint density at radius 1 is 1.53 bits per heavy atom. The number of nitrogens with one attached hydrogen (secondary N) is 1. The lowest BCUT2D eigenvalue weighted by atomic mass is 10.1. The van der Waals surface area contributed by atoms with Crippen LogP contribution in [0.3, 0.4) is 0 Å². The van der Waals surface area contributed by atoms with Gasteiger partial charge in [0.2, 0.25) is 0 Å². The van der Waals surface area contributed by atoms with Crippen LogP contribution in [0.1, 0.15) is 23.3 Å². The van der Waals surface area contributed by atoms with Crippen LogP contribution in [0.25, 0.3) is 0 Å². The summed E-state index contributed by atoms with van der Waals surface area (Å²) in [6.45, 7) is 0. The Bertz CT molecular complexity index is 482. The maximum atomic E-state index is 11.7. The number of aliphatic carboxylic acids is 1. The van der Waals surface area contributed by atoms with Gasteiger partial charge in [0.05, 0.1) is 7.11 Å². The number of nitrogens with zero attached hydrogens (tertiary/aromatic N) is 2. The van der Waals surface area contributed by atoms with Crippen LogP contribution in [-0.2, 0) is 21.4 Å². The Balaban J connectivity index is 2.61. The number of methoxy groups -OCH3 is 1. The summed E-state index contributed by atoms with van der Waals surface area (Å²) in [5, 5.41) is 15.1. The fraction of sp³-hybridized carbons (Fsp3) is 0.455. The molecule has 1 aromatic rings. The lowest BCUT2D eigenvalue weighted by Crippen LogP contribution is -2.41. The molecule has 0 aliphatic rings. The van der Waals surface area contributed by atoms with Crippen LogP contribution in [0.15, 0.2) is 12.3 Å². The molecule has 2 N–H and O–H groups in total. The predicted octanol–water partition coefficient (Wildman–Crippen LogP) is -0.444. The molecule has 0 saturated carbocycles. The maximum Gasteiger partial charge on any atom is 0.326 e. The number of hydrogen-bond donors (Lipinski definition) is 2. The number of carbonyl (C=O) groups is 3. The Hall–Kier alpha value is -2.38. The second kappa shape index (κ2) is 6.53. The third-order valence-electron chi connectivity index (χ3n) is 2.41. The number of esters is 1. The van der Waals surface area contributed by atoms with Crippen molar-refractivity contribution in [3.63, 3.8) is 0 Å². The van der Waals surface area contributed by atoms with E-state index >= 15 is 0 Å². The van der Waals surface area contributed by atoms with Gasteiger partial charge in [0.15, 0.2) is 0 Å². The van der Waals surface area contributed by atoms with Gasteiger partial charge in [-0.05, 0) is 12.5 Å². The van der Waals surface area contributed by atoms with E-state index in [1.165, 1.54) is 17.9 Å². The summed E-state index contributed by atoms with van der Waals surface area (Å²) in [6, 6.07) is 0.308. The molecule has 0 radical (unpaired) electrons. The van der Waals surface area contributed by atoms with Gasteiger partial charge in [-0.25, -0.2) is 4.79 Å². The average molecular weight is 269 g/mol. The van der Waals surface area contributed by atoms with Crippen molar-refractivity contribution in [1.29, 1.82) is 0 Å². The minimum Gasteiger partial charge on any atom is -0.480 e. The largest absolute Gasteiger partial charge is 0.480 e. The topological polar surface area (TPSA) is 111 Å². The van der Waals surface area contributed by atoms with Crippen LogP contribution in [0, 0.1) is 0 Å². The fourth-order valence-electron chi connectivity index (χ4n) is 1.39. The van der Waals surface area contributed by atoms with Crippen LogP contribution in [0.4, 0.5) is 0 Å². The fourth-order valence-corrected chi connectivity index (χ4v) is 1.39. The summed E-state index contributed by atoms with van der Waals surface area (Å²) < 4.78 is 5.84. The molecule has 8 nitrogen and oxygen atoms in total. The van der Waals surface area contributed by atoms with E-state index in [4.69, 9.17) is 5.11 Å². The number of amides is 1. The number of aryl methyl sites for hydroxylation is 1. The van der Waals surface area contributed by atoms with Crippen molar-refractivity contribution in [3.8, 4) is 0 Å². The molecule has 0 aliphatic carbocycles. The maximum absolute atomic E-state index is 11.7. The van der Waals surface area contributed by atoms with Gasteiger partial charge in [-0.15, -0.1) is 0 Å². The van der Waals surface area contributed by atoms with E-state index in [9.17, 15) is 14.4 Å². The van der Waals surface area contributed by atoms with E-state index in [1.54, 1.807) is 13.2 Å². The van der Waals surface area contributed by atoms with Crippen molar-refractivity contribution < 1.29 is 24.2 Å². The average Bonchev–Trinajstić information content (AvgIpc) is 2.80. The minimum absolute atomic E-state index is 0.0411. The number of hydrogen-bond acceptors (Lipinski definition) is 5. The molecule has 0 bridgehead atoms. The van der Waals surface area contributed by atoms with Gasteiger partial charge < -0.3 is 15.2 Å². The molecule has 0 aromatic carbocycles. The number of ether oxygens (including phenoxy) is 1. The van der Waals surface area contributed by atoms with E-state index in [0.29, 0.717) is 0 Å². The van der Waals surface area contributed by atoms with Gasteiger partial charge in [0, 0.05) is 19.7 Å². The smallest absolute Gasteiger partial charge is 0.326 e. The lowest BCUT2D eigenvalue weighted by Gasteiger charge is -2.12. The van der Waals surface area contributed by atoms with Crippen molar-refractivity contribution in [2.45, 2.75) is 18.9 Å². The SMILES string of the molecule is COC(=O)CCC(NC(=O)c1ccn(C)n1)C(=O)O. The summed E-state index contributed by atoms with van der Waals surface area (Å²) in [5.41, 5.74) is 0.117. The summed E-state index contributed by atoms with van der Waals surface area (Å²) in [4.78, 5) is 33.7. The Morgan fingerprint density at radius 3 is 2.68 bits per heavy atom. The standard InChI is InChI=1S/C11H15N3O5/c1-14-6-5-7(13-14)10(16)12-8(11(17)18)3-4-9(15)19-2/h5-6,8H,3-4H2,1-2H3,(H,12,16)(H,17,18). The Morgan fingerprint density at radius 2 is 2.21 bits per heavy atom. The highest BCUT2D eigenvalue weighted by Crippen LogP contribution is 2.02. The lowest BCUT2D eigenvalue weighted by molar-refractivity contribution is -0.142. The number of carbonyl (C=O) groups excluding carboxylic acids is 2. The first kappa shape index (κ1) is 14.7. The van der Waals surface area contributed by atoms with Gasteiger partial charge in [0.25, 0.3) is 5.91 Å². The molecule has 1 aromatic heterocycles. The van der Waals surface area contributed by atoms with Gasteiger partial charge >= 0.3 is 11.9 Å². The quantitative estimate of drug-likeness (QED) is 0.677. The zero-order valence-electron chi connectivity index (χ0n) is 10.6. The number of aromatic nitrogens is 2. The second-order valence-electron chi connectivity index (χ2n) is 3.85. The van der Waals surface area contributed by atoms with E-state index in [1.807, 2.05) is 0 Å². The summed E-state index contributed by atoms with van der Waals surface area (Å²) >= 11 is 0. The van der Waals surface area contributed by atoms with Crippen LogP contribution in [0.2, 0.25) is 0 Å². The monoisotopic (exact) mass is 269 g/mol. The zero-order valence-corrected chi connectivity index (χ0v) is 10.6. The summed E-state index contributed by atoms with van der Waals surface area (Å²) in [6.07, 6.45) is 1.44. The van der Waals surface area contributed by atoms with E-state index in [0.717, 1.165) is 0 Å². The first-order chi connectivity index (χ1) is 8.93. The van der Waals surface area contributed by atoms with Gasteiger partial charge in [-0.2, -0.15) is 5.10 Å². The van der Waals surface area contributed by atoms with E-state index in [-0.39, 0.29) is 18.5 Å². The van der Waals surface area contributed by atoms with Crippen molar-refractivity contribution in [3.05, 3.63) is 18.0 Å². The Kier molecular flexibility index (Phi) is 5.04. The van der Waals surface area contributed by atoms with Crippen molar-refractivity contribution >= 4 is 17.8 Å². The third-order valence-corrected chi connectivity index (χ3v) is 2.41. The molecule has 104 valence electrons. The molecule has 8 heteroatoms. The number of carboxylic acids is 1. The second-order valence-corrected chi connectivity index (χ2v) is 3.85. The normalized spacial score (nSPS) is 11.7. The number of rotatable bonds is 6. The summed E-state index contributed by atoms with van der Waals surface area (Å²) in [7, 11) is 2.85. The first-order valence-electron chi connectivity index (χ1n) is 5.54. The van der Waals surface area contributed by atoms with Crippen molar-refractivity contribution in [2.75, 3.05) is 7.11 Å². The molecule has 1 atom stereocenters. The highest BCUT2D eigenvalue weighted by molar-refractivity contribution is 5.94. The van der Waals surface area contributed by atoms with Gasteiger partial charge in [-0.3, -0.25) is 14.3 Å². The molecule has 0 saturated heterocycles. The van der Waals surface area contributed by atoms with Crippen LogP contribution in [0.5, 0.6) is 0 Å². The molecule has 0 spiro atoms. The molecular formula is C11H15N3O5. The molecular weight excluding hydrogens is 254 g/mol. The highest BCUT2D eigenvalue weighted by atomic mass is 16.5. The predicted molar refractivity (Wildman–Crippen MR) is 63.3 cm³/mol. The highest BCUT2D eigenvalue weighted by Gasteiger charge is 2.22. The molecule has 1 heterocycles. The van der Waals surface area contributed by atoms with Crippen molar-refractivity contribution in [1.82, 2.24) is 15.1 Å². The first-order valence-corrected chi connectivity index (χ1v) is 5.54. The summed E-state index contributed by atoms with van der Waals surface area (Å²) in [5.74, 6) is -2.34. The van der Waals surface area contributed by atoms with Crippen molar-refractivity contribution in [2.24, 2.45) is 7.05 Å². The van der Waals surface area contributed by atoms with E-state index < -0.39 is 23.9 Å². The molecule has 19 heavy (non-hydrogen) atoms. The molecule has 1 unspecified atom stereocenters. The Labute approximate surface area is 109 Å². The zero-order chi connectivity index (χ0) is 14.4. The van der Waals surface area contributed by atoms with Crippen LogP contribution < -0.4 is 5.32 Å². The molecule has 1 rings (SSSR count). The van der Waals surface area contributed by atoms with Crippen LogP contribution >= 0.6 is 0 Å². The van der Waals surface area contributed by atoms with Gasteiger partial charge in [-0.1, -0.05) is 0 Å². The minimum atomic E-state index is -1.21. The molecule has 0 aliphatic heterocycles. The third kappa shape index (κ3) is 4.41. The number of carboxylic acid groups (broad SMARTS) is 1.